The van der Waals surface area contributed by atoms with Crippen LogP contribution in [-0.2, 0) is 4.79 Å². The number of methoxy groups -OCH3 is 2. The van der Waals surface area contributed by atoms with Crippen LogP contribution in [0.5, 0.6) is 11.5 Å². The van der Waals surface area contributed by atoms with Gasteiger partial charge in [-0.1, -0.05) is 27.7 Å². The monoisotopic (exact) mass is 462 g/mol. The molecular formula is C25H38N2O4S. The van der Waals surface area contributed by atoms with Crippen LogP contribution in [0.2, 0.25) is 0 Å². The van der Waals surface area contributed by atoms with Gasteiger partial charge in [0.05, 0.1) is 19.1 Å². The van der Waals surface area contributed by atoms with E-state index in [1.807, 2.05) is 21.6 Å². The fourth-order valence-corrected chi connectivity index (χ4v) is 6.50. The number of nitrogens with zero attached hydrogens (tertiary/aromatic N) is 2. The molecule has 6 nitrogen and oxygen atoms in total. The zero-order chi connectivity index (χ0) is 23.5. The van der Waals surface area contributed by atoms with Crippen LogP contribution in [0.25, 0.3) is 0 Å². The minimum atomic E-state index is -0.235. The molecule has 178 valence electrons. The minimum Gasteiger partial charge on any atom is -0.497 e. The number of likely N-dealkylation sites (tertiary alicyclic amines) is 1. The molecule has 1 aromatic carbocycles. The van der Waals surface area contributed by atoms with Gasteiger partial charge in [0, 0.05) is 43.4 Å². The fourth-order valence-electron chi connectivity index (χ4n) is 5.05. The highest BCUT2D eigenvalue weighted by atomic mass is 32.2. The molecule has 1 spiro atoms. The molecule has 0 saturated carbocycles. The Bertz CT molecular complexity index is 805. The van der Waals surface area contributed by atoms with Crippen molar-refractivity contribution < 1.29 is 19.1 Å². The molecule has 3 rings (SSSR count). The molecule has 2 saturated heterocycles. The van der Waals surface area contributed by atoms with E-state index in [9.17, 15) is 9.59 Å². The van der Waals surface area contributed by atoms with Gasteiger partial charge in [-0.25, -0.2) is 0 Å². The van der Waals surface area contributed by atoms with Crippen molar-refractivity contribution in [2.45, 2.75) is 58.2 Å². The standard InChI is InChI=1S/C25H38N2O4S/c1-18(17-24(2,3)4)13-22(28)26-9-7-25(8-10-26)27(11-12-32-25)23(29)19-14-20(30-5)16-21(15-19)31-6/h14-16,18H,7-13,17H2,1-6H3. The Morgan fingerprint density at radius 3 is 2.19 bits per heavy atom. The van der Waals surface area contributed by atoms with E-state index in [-0.39, 0.29) is 22.1 Å². The molecule has 32 heavy (non-hydrogen) atoms. The third kappa shape index (κ3) is 5.72. The molecule has 0 aromatic heterocycles. The number of carbonyl (C=O) groups is 2. The summed E-state index contributed by atoms with van der Waals surface area (Å²) in [6.07, 6.45) is 3.26. The average molecular weight is 463 g/mol. The number of ether oxygens (including phenoxy) is 2. The predicted octanol–water partition coefficient (Wildman–Crippen LogP) is 4.67. The lowest BCUT2D eigenvalue weighted by Crippen LogP contribution is -2.53. The van der Waals surface area contributed by atoms with E-state index in [1.165, 1.54) is 0 Å². The molecule has 1 aromatic rings. The van der Waals surface area contributed by atoms with Crippen molar-refractivity contribution in [2.75, 3.05) is 39.6 Å². The predicted molar refractivity (Wildman–Crippen MR) is 129 cm³/mol. The molecule has 1 unspecified atom stereocenters. The summed E-state index contributed by atoms with van der Waals surface area (Å²) in [4.78, 5) is 30.1. The lowest BCUT2D eigenvalue weighted by Gasteiger charge is -2.44. The van der Waals surface area contributed by atoms with Crippen LogP contribution in [0.3, 0.4) is 0 Å². The Hall–Kier alpha value is -1.89. The number of benzene rings is 1. The van der Waals surface area contributed by atoms with Gasteiger partial charge in [0.15, 0.2) is 0 Å². The van der Waals surface area contributed by atoms with Crippen LogP contribution in [0.15, 0.2) is 18.2 Å². The largest absolute Gasteiger partial charge is 0.497 e. The van der Waals surface area contributed by atoms with Crippen LogP contribution in [0.4, 0.5) is 0 Å². The van der Waals surface area contributed by atoms with Crippen molar-refractivity contribution in [3.63, 3.8) is 0 Å². The van der Waals surface area contributed by atoms with Gasteiger partial charge in [-0.2, -0.15) is 0 Å². The van der Waals surface area contributed by atoms with Crippen LogP contribution in [0.1, 0.15) is 63.7 Å². The van der Waals surface area contributed by atoms with Gasteiger partial charge in [0.2, 0.25) is 5.91 Å². The second-order valence-electron chi connectivity index (χ2n) is 10.3. The Morgan fingerprint density at radius 2 is 1.66 bits per heavy atom. The Kier molecular flexibility index (Phi) is 7.69. The SMILES string of the molecule is COc1cc(OC)cc(C(=O)N2CCSC23CCN(C(=O)CC(C)CC(C)(C)C)CC3)c1. The summed E-state index contributed by atoms with van der Waals surface area (Å²) in [6.45, 7) is 11.0. The molecule has 7 heteroatoms. The number of piperidine rings is 1. The summed E-state index contributed by atoms with van der Waals surface area (Å²) in [6, 6.07) is 5.32. The Morgan fingerprint density at radius 1 is 1.06 bits per heavy atom. The number of rotatable bonds is 6. The fraction of sp³-hybridized carbons (Fsp3) is 0.680. The first-order valence-electron chi connectivity index (χ1n) is 11.5. The molecule has 0 aliphatic carbocycles. The van der Waals surface area contributed by atoms with Crippen LogP contribution in [0, 0.1) is 11.3 Å². The highest BCUT2D eigenvalue weighted by Gasteiger charge is 2.47. The van der Waals surface area contributed by atoms with Crippen LogP contribution < -0.4 is 9.47 Å². The van der Waals surface area contributed by atoms with Gasteiger partial charge >= 0.3 is 0 Å². The summed E-state index contributed by atoms with van der Waals surface area (Å²) in [5.74, 6) is 2.77. The molecule has 0 bridgehead atoms. The van der Waals surface area contributed by atoms with Gasteiger partial charge in [-0.05, 0) is 42.7 Å². The van der Waals surface area contributed by atoms with Gasteiger partial charge in [0.1, 0.15) is 11.5 Å². The van der Waals surface area contributed by atoms with Crippen molar-refractivity contribution in [3.05, 3.63) is 23.8 Å². The number of thioether (sulfide) groups is 1. The molecule has 0 N–H and O–H groups in total. The van der Waals surface area contributed by atoms with Crippen molar-refractivity contribution in [2.24, 2.45) is 11.3 Å². The third-order valence-corrected chi connectivity index (χ3v) is 7.96. The summed E-state index contributed by atoms with van der Waals surface area (Å²) in [7, 11) is 3.18. The van der Waals surface area contributed by atoms with Gasteiger partial charge in [-0.15, -0.1) is 11.8 Å². The third-order valence-electron chi connectivity index (χ3n) is 6.40. The second kappa shape index (κ2) is 9.94. The zero-order valence-electron chi connectivity index (χ0n) is 20.4. The molecule has 2 amide bonds. The minimum absolute atomic E-state index is 0.00535. The smallest absolute Gasteiger partial charge is 0.255 e. The van der Waals surface area contributed by atoms with Crippen molar-refractivity contribution in [3.8, 4) is 11.5 Å². The normalized spacial score (nSPS) is 19.2. The van der Waals surface area contributed by atoms with Crippen molar-refractivity contribution >= 4 is 23.6 Å². The van der Waals surface area contributed by atoms with E-state index >= 15 is 0 Å². The van der Waals surface area contributed by atoms with E-state index < -0.39 is 0 Å². The maximum Gasteiger partial charge on any atom is 0.255 e. The second-order valence-corrected chi connectivity index (χ2v) is 11.8. The average Bonchev–Trinajstić information content (AvgIpc) is 3.14. The highest BCUT2D eigenvalue weighted by Crippen LogP contribution is 2.45. The zero-order valence-corrected chi connectivity index (χ0v) is 21.2. The number of carbonyl (C=O) groups excluding carboxylic acids is 2. The van der Waals surface area contributed by atoms with E-state index in [2.05, 4.69) is 27.7 Å². The van der Waals surface area contributed by atoms with Gasteiger partial charge in [-0.3, -0.25) is 9.59 Å². The highest BCUT2D eigenvalue weighted by molar-refractivity contribution is 8.00. The van der Waals surface area contributed by atoms with Crippen molar-refractivity contribution in [1.29, 1.82) is 0 Å². The summed E-state index contributed by atoms with van der Waals surface area (Å²) >= 11 is 1.86. The maximum absolute atomic E-state index is 13.5. The van der Waals surface area contributed by atoms with Crippen molar-refractivity contribution in [1.82, 2.24) is 9.80 Å². The summed E-state index contributed by atoms with van der Waals surface area (Å²) < 4.78 is 10.7. The van der Waals surface area contributed by atoms with E-state index in [1.54, 1.807) is 32.4 Å². The number of amides is 2. The van der Waals surface area contributed by atoms with Crippen LogP contribution >= 0.6 is 11.8 Å². The first kappa shape index (κ1) is 24.7. The molecule has 2 aliphatic rings. The maximum atomic E-state index is 13.5. The summed E-state index contributed by atoms with van der Waals surface area (Å²) in [5.41, 5.74) is 0.813. The molecule has 1 atom stereocenters. The number of hydrogen-bond acceptors (Lipinski definition) is 5. The van der Waals surface area contributed by atoms with E-state index in [0.29, 0.717) is 42.5 Å². The molecular weight excluding hydrogens is 424 g/mol. The van der Waals surface area contributed by atoms with E-state index in [0.717, 1.165) is 31.6 Å². The lowest BCUT2D eigenvalue weighted by molar-refractivity contribution is -0.133. The number of hydrogen-bond donors (Lipinski definition) is 0. The van der Waals surface area contributed by atoms with Gasteiger partial charge < -0.3 is 19.3 Å². The quantitative estimate of drug-likeness (QED) is 0.615. The molecule has 2 aliphatic heterocycles. The molecule has 0 radical (unpaired) electrons. The molecule has 2 heterocycles. The summed E-state index contributed by atoms with van der Waals surface area (Å²) in [5, 5.41) is 0. The Balaban J connectivity index is 1.66. The first-order valence-corrected chi connectivity index (χ1v) is 12.5. The van der Waals surface area contributed by atoms with Crippen LogP contribution in [-0.4, -0.2) is 66.1 Å². The Labute approximate surface area is 197 Å². The lowest BCUT2D eigenvalue weighted by atomic mass is 9.84. The molecule has 2 fully saturated rings. The topological polar surface area (TPSA) is 59.1 Å². The van der Waals surface area contributed by atoms with Gasteiger partial charge in [0.25, 0.3) is 5.91 Å². The van der Waals surface area contributed by atoms with E-state index in [4.69, 9.17) is 9.47 Å². The first-order chi connectivity index (χ1) is 15.1.